The summed E-state index contributed by atoms with van der Waals surface area (Å²) in [5.74, 6) is -0.537. The van der Waals surface area contributed by atoms with Gasteiger partial charge >= 0.3 is 5.97 Å². The fourth-order valence-electron chi connectivity index (χ4n) is 0.801. The lowest BCUT2D eigenvalue weighted by atomic mass is 10.5. The molecule has 94 valence electrons. The minimum absolute atomic E-state index is 0.172. The largest absolute Gasteiger partial charge is 0.468 e. The van der Waals surface area contributed by atoms with E-state index in [2.05, 4.69) is 14.9 Å². The van der Waals surface area contributed by atoms with Crippen molar-refractivity contribution in [3.05, 3.63) is 0 Å². The summed E-state index contributed by atoms with van der Waals surface area (Å²) in [4.78, 5) is 21.8. The van der Waals surface area contributed by atoms with Gasteiger partial charge in [0.05, 0.1) is 12.9 Å². The summed E-state index contributed by atoms with van der Waals surface area (Å²) in [6.45, 7) is 1.73. The molecule has 0 saturated carbocycles. The van der Waals surface area contributed by atoms with Crippen LogP contribution in [0.15, 0.2) is 8.68 Å². The van der Waals surface area contributed by atoms with Gasteiger partial charge in [-0.2, -0.15) is 0 Å². The fourth-order valence-corrected chi connectivity index (χ4v) is 3.73. The molecular formula is C8H11N3O3S3. The number of methoxy groups -OCH3 is 1. The average molecular weight is 293 g/mol. The molecule has 1 rings (SSSR count). The first-order valence-corrected chi connectivity index (χ1v) is 7.20. The third kappa shape index (κ3) is 4.92. The number of nitrogens with zero attached hydrogens (tertiary/aromatic N) is 2. The highest BCUT2D eigenvalue weighted by molar-refractivity contribution is 8.04. The van der Waals surface area contributed by atoms with Crippen LogP contribution < -0.4 is 5.73 Å². The van der Waals surface area contributed by atoms with Crippen LogP contribution in [-0.2, 0) is 14.3 Å². The molecular weight excluding hydrogens is 282 g/mol. The lowest BCUT2D eigenvalue weighted by Gasteiger charge is -2.04. The Hall–Kier alpha value is -0.800. The van der Waals surface area contributed by atoms with Crippen molar-refractivity contribution in [3.63, 3.8) is 0 Å². The number of primary amides is 1. The Morgan fingerprint density at radius 2 is 2.12 bits per heavy atom. The van der Waals surface area contributed by atoms with E-state index in [4.69, 9.17) is 5.73 Å². The van der Waals surface area contributed by atoms with E-state index < -0.39 is 5.91 Å². The van der Waals surface area contributed by atoms with E-state index in [9.17, 15) is 9.59 Å². The molecule has 0 aromatic carbocycles. The van der Waals surface area contributed by atoms with E-state index in [0.29, 0.717) is 8.68 Å². The van der Waals surface area contributed by atoms with Crippen LogP contribution in [0.3, 0.4) is 0 Å². The molecule has 0 unspecified atom stereocenters. The molecule has 0 saturated heterocycles. The second-order valence-electron chi connectivity index (χ2n) is 2.87. The van der Waals surface area contributed by atoms with Crippen molar-refractivity contribution in [1.82, 2.24) is 10.2 Å². The Bertz CT molecular complexity index is 410. The van der Waals surface area contributed by atoms with Gasteiger partial charge in [0.1, 0.15) is 5.25 Å². The summed E-state index contributed by atoms with van der Waals surface area (Å²) in [7, 11) is 1.34. The van der Waals surface area contributed by atoms with E-state index in [1.165, 1.54) is 42.0 Å². The Kier molecular flexibility index (Phi) is 5.72. The summed E-state index contributed by atoms with van der Waals surface area (Å²) < 4.78 is 5.92. The molecule has 0 radical (unpaired) electrons. The molecule has 2 N–H and O–H groups in total. The van der Waals surface area contributed by atoms with Gasteiger partial charge in [-0.25, -0.2) is 0 Å². The maximum absolute atomic E-state index is 11.2. The number of nitrogens with two attached hydrogens (primary N) is 1. The van der Waals surface area contributed by atoms with Crippen molar-refractivity contribution < 1.29 is 14.3 Å². The van der Waals surface area contributed by atoms with Gasteiger partial charge in [-0.15, -0.1) is 10.2 Å². The van der Waals surface area contributed by atoms with Crippen LogP contribution in [0.5, 0.6) is 0 Å². The summed E-state index contributed by atoms with van der Waals surface area (Å²) in [5, 5.41) is 7.45. The molecule has 0 bridgehead atoms. The first kappa shape index (κ1) is 14.3. The normalized spacial score (nSPS) is 12.1. The highest BCUT2D eigenvalue weighted by atomic mass is 32.2. The fraction of sp³-hybridized carbons (Fsp3) is 0.500. The van der Waals surface area contributed by atoms with Gasteiger partial charge in [-0.3, -0.25) is 9.59 Å². The van der Waals surface area contributed by atoms with Crippen molar-refractivity contribution in [3.8, 4) is 0 Å². The van der Waals surface area contributed by atoms with Crippen molar-refractivity contribution in [2.24, 2.45) is 5.73 Å². The third-order valence-corrected chi connectivity index (χ3v) is 4.78. The molecule has 0 fully saturated rings. The number of hydrogen-bond donors (Lipinski definition) is 1. The quantitative estimate of drug-likeness (QED) is 0.611. The highest BCUT2D eigenvalue weighted by Crippen LogP contribution is 2.31. The first-order valence-electron chi connectivity index (χ1n) is 4.52. The lowest BCUT2D eigenvalue weighted by Crippen LogP contribution is -2.14. The van der Waals surface area contributed by atoms with Crippen LogP contribution in [0.1, 0.15) is 6.92 Å². The predicted octanol–water partition coefficient (Wildman–Crippen LogP) is 0.769. The van der Waals surface area contributed by atoms with E-state index >= 15 is 0 Å². The zero-order valence-corrected chi connectivity index (χ0v) is 11.7. The topological polar surface area (TPSA) is 95.2 Å². The molecule has 17 heavy (non-hydrogen) atoms. The molecule has 1 aromatic rings. The molecule has 0 aliphatic carbocycles. The number of thioether (sulfide) groups is 2. The zero-order chi connectivity index (χ0) is 12.8. The molecule has 1 heterocycles. The van der Waals surface area contributed by atoms with Gasteiger partial charge in [0, 0.05) is 0 Å². The maximum Gasteiger partial charge on any atom is 0.318 e. The number of aromatic nitrogens is 2. The Morgan fingerprint density at radius 1 is 1.47 bits per heavy atom. The van der Waals surface area contributed by atoms with Crippen molar-refractivity contribution >= 4 is 46.7 Å². The average Bonchev–Trinajstić information content (AvgIpc) is 2.73. The van der Waals surface area contributed by atoms with Gasteiger partial charge in [-0.05, 0) is 6.92 Å². The van der Waals surface area contributed by atoms with Crippen LogP contribution in [0, 0.1) is 0 Å². The second-order valence-corrected chi connectivity index (χ2v) is 6.66. The summed E-state index contributed by atoms with van der Waals surface area (Å²) in [6.07, 6.45) is 0. The SMILES string of the molecule is COC(=O)[C@@H](C)Sc1nnc(SCC(N)=O)s1. The van der Waals surface area contributed by atoms with Crippen LogP contribution in [0.2, 0.25) is 0 Å². The summed E-state index contributed by atoms with van der Waals surface area (Å²) >= 11 is 3.82. The van der Waals surface area contributed by atoms with E-state index in [1.807, 2.05) is 0 Å². The second kappa shape index (κ2) is 6.82. The summed E-state index contributed by atoms with van der Waals surface area (Å²) in [6, 6.07) is 0. The number of carbonyl (C=O) groups excluding carboxylic acids is 2. The van der Waals surface area contributed by atoms with Crippen molar-refractivity contribution in [2.45, 2.75) is 20.9 Å². The highest BCUT2D eigenvalue weighted by Gasteiger charge is 2.17. The van der Waals surface area contributed by atoms with Crippen molar-refractivity contribution in [1.29, 1.82) is 0 Å². The number of amides is 1. The molecule has 0 aliphatic rings. The maximum atomic E-state index is 11.2. The van der Waals surface area contributed by atoms with Crippen LogP contribution in [0.4, 0.5) is 0 Å². The first-order chi connectivity index (χ1) is 8.02. The number of carbonyl (C=O) groups is 2. The van der Waals surface area contributed by atoms with Gasteiger partial charge in [-0.1, -0.05) is 34.9 Å². The molecule has 9 heteroatoms. The van der Waals surface area contributed by atoms with E-state index in [0.717, 1.165) is 0 Å². The van der Waals surface area contributed by atoms with Gasteiger partial charge in [0.2, 0.25) is 5.91 Å². The number of hydrogen-bond acceptors (Lipinski definition) is 8. The van der Waals surface area contributed by atoms with E-state index in [-0.39, 0.29) is 17.0 Å². The van der Waals surface area contributed by atoms with Crippen LogP contribution in [-0.4, -0.2) is 40.2 Å². The van der Waals surface area contributed by atoms with Crippen LogP contribution in [0.25, 0.3) is 0 Å². The Morgan fingerprint density at radius 3 is 2.71 bits per heavy atom. The molecule has 1 atom stereocenters. The number of rotatable bonds is 6. The minimum Gasteiger partial charge on any atom is -0.468 e. The van der Waals surface area contributed by atoms with Crippen LogP contribution >= 0.6 is 34.9 Å². The van der Waals surface area contributed by atoms with Gasteiger partial charge in [0.15, 0.2) is 8.68 Å². The molecule has 6 nitrogen and oxygen atoms in total. The molecule has 1 amide bonds. The number of ether oxygens (including phenoxy) is 1. The third-order valence-electron chi connectivity index (χ3n) is 1.54. The molecule has 1 aromatic heterocycles. The Balaban J connectivity index is 2.50. The van der Waals surface area contributed by atoms with Gasteiger partial charge < -0.3 is 10.5 Å². The minimum atomic E-state index is -0.401. The van der Waals surface area contributed by atoms with E-state index in [1.54, 1.807) is 6.92 Å². The van der Waals surface area contributed by atoms with Gasteiger partial charge in [0.25, 0.3) is 0 Å². The molecule has 0 aliphatic heterocycles. The predicted molar refractivity (Wildman–Crippen MR) is 67.2 cm³/mol. The lowest BCUT2D eigenvalue weighted by molar-refractivity contribution is -0.139. The zero-order valence-electron chi connectivity index (χ0n) is 9.21. The number of esters is 1. The standard InChI is InChI=1S/C8H11N3O3S3/c1-4(6(13)14-2)16-8-11-10-7(17-8)15-3-5(9)12/h4H,3H2,1-2H3,(H2,9,12)/t4-/m1/s1. The Labute approximate surface area is 111 Å². The molecule has 0 spiro atoms. The van der Waals surface area contributed by atoms with Crippen molar-refractivity contribution in [2.75, 3.05) is 12.9 Å². The monoisotopic (exact) mass is 293 g/mol. The smallest absolute Gasteiger partial charge is 0.318 e. The summed E-state index contributed by atoms with van der Waals surface area (Å²) in [5.41, 5.74) is 5.02.